The van der Waals surface area contributed by atoms with Gasteiger partial charge in [-0.25, -0.2) is 4.79 Å². The first-order valence-corrected chi connectivity index (χ1v) is 13.8. The number of ketones is 2. The summed E-state index contributed by atoms with van der Waals surface area (Å²) in [6.07, 6.45) is -4.28. The van der Waals surface area contributed by atoms with Crippen molar-refractivity contribution in [3.05, 3.63) is 0 Å². The minimum Gasteiger partial charge on any atom is -0.479 e. The van der Waals surface area contributed by atoms with E-state index in [2.05, 4.69) is 6.92 Å². The number of ether oxygens (including phenoxy) is 2. The molecule has 0 amide bonds. The highest BCUT2D eigenvalue weighted by molar-refractivity contribution is 5.92. The van der Waals surface area contributed by atoms with Gasteiger partial charge in [-0.15, -0.1) is 0 Å². The number of fused-ring (bicyclic) bond motifs is 5. The van der Waals surface area contributed by atoms with Crippen molar-refractivity contribution in [3.63, 3.8) is 0 Å². The zero-order valence-corrected chi connectivity index (χ0v) is 21.9. The molecule has 38 heavy (non-hydrogen) atoms. The summed E-state index contributed by atoms with van der Waals surface area (Å²) in [4.78, 5) is 37.8. The van der Waals surface area contributed by atoms with Gasteiger partial charge >= 0.3 is 5.97 Å². The third-order valence-electron chi connectivity index (χ3n) is 11.2. The molecule has 4 saturated carbocycles. The Bertz CT molecular complexity index is 986. The van der Waals surface area contributed by atoms with Crippen LogP contribution in [0.2, 0.25) is 0 Å². The van der Waals surface area contributed by atoms with Gasteiger partial charge in [-0.1, -0.05) is 13.8 Å². The molecule has 5 fully saturated rings. The van der Waals surface area contributed by atoms with E-state index in [1.54, 1.807) is 0 Å². The van der Waals surface area contributed by atoms with Crippen LogP contribution >= 0.6 is 0 Å². The molecule has 0 radical (unpaired) electrons. The summed E-state index contributed by atoms with van der Waals surface area (Å²) in [6.45, 7) is 3.22. The number of aliphatic hydroxyl groups excluding tert-OH is 4. The predicted octanol–water partition coefficient (Wildman–Crippen LogP) is -0.222. The van der Waals surface area contributed by atoms with E-state index in [0.717, 1.165) is 12.8 Å². The second-order valence-electron chi connectivity index (χ2n) is 12.8. The van der Waals surface area contributed by atoms with E-state index in [-0.39, 0.29) is 53.8 Å². The molecule has 0 aromatic heterocycles. The number of aliphatic hydroxyl groups is 5. The van der Waals surface area contributed by atoms with Crippen molar-refractivity contribution in [3.8, 4) is 0 Å². The van der Waals surface area contributed by atoms with E-state index in [1.807, 2.05) is 6.92 Å². The van der Waals surface area contributed by atoms with E-state index >= 15 is 0 Å². The molecule has 0 aromatic rings. The van der Waals surface area contributed by atoms with Crippen molar-refractivity contribution >= 4 is 17.5 Å². The van der Waals surface area contributed by atoms with Crippen molar-refractivity contribution in [2.24, 2.45) is 34.5 Å². The normalized spacial score (nSPS) is 52.6. The van der Waals surface area contributed by atoms with Gasteiger partial charge < -0.3 is 40.1 Å². The molecule has 1 saturated heterocycles. The molecule has 0 unspecified atom stereocenters. The summed E-state index contributed by atoms with van der Waals surface area (Å²) in [6, 6.07) is 0. The van der Waals surface area contributed by atoms with Crippen molar-refractivity contribution in [2.45, 2.75) is 108 Å². The molecule has 0 spiro atoms. The van der Waals surface area contributed by atoms with Crippen LogP contribution in [0.4, 0.5) is 0 Å². The predicted molar refractivity (Wildman–Crippen MR) is 128 cm³/mol. The van der Waals surface area contributed by atoms with Crippen molar-refractivity contribution in [2.75, 3.05) is 6.61 Å². The van der Waals surface area contributed by atoms with Crippen molar-refractivity contribution in [1.82, 2.24) is 0 Å². The second kappa shape index (κ2) is 9.57. The van der Waals surface area contributed by atoms with E-state index in [0.29, 0.717) is 25.7 Å². The smallest absolute Gasteiger partial charge is 0.335 e. The second-order valence-corrected chi connectivity index (χ2v) is 12.8. The fraction of sp³-hybridized carbons (Fsp3) is 0.889. The largest absolute Gasteiger partial charge is 0.479 e. The number of carbonyl (C=O) groups excluding carboxylic acids is 2. The summed E-state index contributed by atoms with van der Waals surface area (Å²) < 4.78 is 11.3. The molecule has 5 aliphatic rings. The van der Waals surface area contributed by atoms with E-state index in [4.69, 9.17) is 9.47 Å². The summed E-state index contributed by atoms with van der Waals surface area (Å²) >= 11 is 0. The molecule has 0 bridgehead atoms. The number of hydrogen-bond donors (Lipinski definition) is 6. The molecular weight excluding hydrogens is 500 g/mol. The molecule has 1 aliphatic heterocycles. The fourth-order valence-corrected chi connectivity index (χ4v) is 9.10. The van der Waals surface area contributed by atoms with Gasteiger partial charge in [-0.3, -0.25) is 9.59 Å². The Morgan fingerprint density at radius 1 is 1.03 bits per heavy atom. The highest BCUT2D eigenvalue weighted by atomic mass is 16.7. The molecule has 1 heterocycles. The Balaban J connectivity index is 1.31. The maximum absolute atomic E-state index is 13.8. The first-order valence-electron chi connectivity index (χ1n) is 13.8. The molecule has 6 N–H and O–H groups in total. The standard InChI is InChI=1S/C27H40O11/c1-25-7-5-13(37-24-21(33)19(31)20(32)22(38-24)23(34)35)9-12(25)3-4-14-15-6-8-27(36,17(30)11-28)26(15,2)10-16(29)18(14)25/h12-15,18-22,24,28,31-33,36H,3-11H2,1-2H3,(H,34,35)/t12-,13-,14+,15+,18-,19-,20+,21-,22+,24-,25+,26+,27-/m1/s1. The van der Waals surface area contributed by atoms with Gasteiger partial charge in [0.25, 0.3) is 0 Å². The third-order valence-corrected chi connectivity index (χ3v) is 11.2. The molecule has 11 heteroatoms. The van der Waals surface area contributed by atoms with Gasteiger partial charge in [0.2, 0.25) is 0 Å². The van der Waals surface area contributed by atoms with Crippen LogP contribution in [0.3, 0.4) is 0 Å². The van der Waals surface area contributed by atoms with Gasteiger partial charge in [-0.2, -0.15) is 0 Å². The molecule has 4 aliphatic carbocycles. The number of carboxylic acid groups (broad SMARTS) is 1. The lowest BCUT2D eigenvalue weighted by molar-refractivity contribution is -0.309. The quantitative estimate of drug-likeness (QED) is 0.253. The van der Waals surface area contributed by atoms with Gasteiger partial charge in [0, 0.05) is 17.8 Å². The van der Waals surface area contributed by atoms with Gasteiger partial charge in [-0.05, 0) is 68.1 Å². The zero-order valence-electron chi connectivity index (χ0n) is 21.9. The van der Waals surface area contributed by atoms with E-state index < -0.39 is 60.1 Å². The van der Waals surface area contributed by atoms with Crippen LogP contribution in [0, 0.1) is 34.5 Å². The summed E-state index contributed by atoms with van der Waals surface area (Å²) in [5.41, 5.74) is -2.90. The lowest BCUT2D eigenvalue weighted by Gasteiger charge is -2.60. The zero-order chi connectivity index (χ0) is 27.8. The Labute approximate surface area is 221 Å². The Morgan fingerprint density at radius 3 is 2.39 bits per heavy atom. The Morgan fingerprint density at radius 2 is 1.74 bits per heavy atom. The Kier molecular flexibility index (Phi) is 7.07. The SMILES string of the molecule is C[C@]12CC[C@@H](O[C@@H]3O[C@H](C(=O)O)[C@@H](O)[C@@H](O)[C@H]3O)C[C@H]1CC[C@@H]1[C@@H]2C(=O)C[C@@]2(C)[C@H]1CC[C@@]2(O)C(=O)CO. The van der Waals surface area contributed by atoms with Crippen molar-refractivity contribution < 1.29 is 54.5 Å². The highest BCUT2D eigenvalue weighted by Gasteiger charge is 2.69. The molecule has 11 nitrogen and oxygen atoms in total. The number of rotatable bonds is 5. The maximum atomic E-state index is 13.8. The van der Waals surface area contributed by atoms with Crippen LogP contribution in [0.1, 0.15) is 65.2 Å². The maximum Gasteiger partial charge on any atom is 0.335 e. The van der Waals surface area contributed by atoms with Gasteiger partial charge in [0.15, 0.2) is 18.2 Å². The summed E-state index contributed by atoms with van der Waals surface area (Å²) in [5.74, 6) is -2.06. The van der Waals surface area contributed by atoms with Crippen LogP contribution < -0.4 is 0 Å². The molecule has 214 valence electrons. The van der Waals surface area contributed by atoms with Crippen LogP contribution in [0.25, 0.3) is 0 Å². The average molecular weight is 541 g/mol. The number of hydrogen-bond acceptors (Lipinski definition) is 10. The number of carbonyl (C=O) groups is 3. The third kappa shape index (κ3) is 3.92. The minimum absolute atomic E-state index is 0.00380. The summed E-state index contributed by atoms with van der Waals surface area (Å²) in [5, 5.41) is 60.6. The molecule has 0 aromatic carbocycles. The van der Waals surface area contributed by atoms with Gasteiger partial charge in [0.05, 0.1) is 6.10 Å². The number of carboxylic acids is 1. The van der Waals surface area contributed by atoms with Crippen LogP contribution in [0.5, 0.6) is 0 Å². The van der Waals surface area contributed by atoms with Crippen LogP contribution in [0.15, 0.2) is 0 Å². The molecule has 5 rings (SSSR count). The topological polar surface area (TPSA) is 191 Å². The fourth-order valence-electron chi connectivity index (χ4n) is 9.10. The molecule has 13 atom stereocenters. The minimum atomic E-state index is -1.78. The monoisotopic (exact) mass is 540 g/mol. The Hall–Kier alpha value is -1.47. The van der Waals surface area contributed by atoms with Crippen molar-refractivity contribution in [1.29, 1.82) is 0 Å². The van der Waals surface area contributed by atoms with Crippen LogP contribution in [-0.4, -0.2) is 97.2 Å². The van der Waals surface area contributed by atoms with E-state index in [9.17, 15) is 45.0 Å². The highest BCUT2D eigenvalue weighted by Crippen LogP contribution is 2.67. The van der Waals surface area contributed by atoms with E-state index in [1.165, 1.54) is 0 Å². The number of Topliss-reactive ketones (excluding diaryl/α,β-unsaturated/α-hetero) is 2. The van der Waals surface area contributed by atoms with Crippen LogP contribution in [-0.2, 0) is 23.9 Å². The lowest BCUT2D eigenvalue weighted by Crippen LogP contribution is -2.63. The first-order chi connectivity index (χ1) is 17.8. The number of aliphatic carboxylic acids is 1. The molecular formula is C27H40O11. The average Bonchev–Trinajstić information content (AvgIpc) is 3.14. The van der Waals surface area contributed by atoms with Gasteiger partial charge in [0.1, 0.15) is 36.3 Å². The first kappa shape index (κ1) is 28.1. The summed E-state index contributed by atoms with van der Waals surface area (Å²) in [7, 11) is 0. The lowest BCUT2D eigenvalue weighted by atomic mass is 9.44.